The maximum atomic E-state index is 4.22. The molecular weight excluding hydrogens is 148 g/mol. The standard InChI is InChI=1S/C10H16N2/c1-8(2)12-7-10-5-4-6-11-9(10)3/h4-6,8,12H,7H2,1-3H3. The number of aromatic nitrogens is 1. The van der Waals surface area contributed by atoms with E-state index in [0.29, 0.717) is 6.04 Å². The molecule has 1 heterocycles. The summed E-state index contributed by atoms with van der Waals surface area (Å²) in [6.07, 6.45) is 1.83. The van der Waals surface area contributed by atoms with Gasteiger partial charge in [0, 0.05) is 24.5 Å². The minimum absolute atomic E-state index is 0.532. The fourth-order valence-electron chi connectivity index (χ4n) is 1.02. The normalized spacial score (nSPS) is 10.7. The van der Waals surface area contributed by atoms with Crippen molar-refractivity contribution in [1.29, 1.82) is 0 Å². The van der Waals surface area contributed by atoms with Crippen LogP contribution in [0.1, 0.15) is 25.1 Å². The zero-order valence-electron chi connectivity index (χ0n) is 7.96. The predicted molar refractivity (Wildman–Crippen MR) is 50.9 cm³/mol. The fourth-order valence-corrected chi connectivity index (χ4v) is 1.02. The Morgan fingerprint density at radius 3 is 2.83 bits per heavy atom. The summed E-state index contributed by atoms with van der Waals surface area (Å²) in [6.45, 7) is 7.24. The van der Waals surface area contributed by atoms with Crippen LogP contribution in [0.25, 0.3) is 0 Å². The van der Waals surface area contributed by atoms with Gasteiger partial charge in [-0.3, -0.25) is 4.98 Å². The second kappa shape index (κ2) is 4.21. The molecule has 0 bridgehead atoms. The van der Waals surface area contributed by atoms with Gasteiger partial charge in [-0.1, -0.05) is 19.9 Å². The first-order chi connectivity index (χ1) is 5.70. The average molecular weight is 164 g/mol. The average Bonchev–Trinajstić information content (AvgIpc) is 2.03. The summed E-state index contributed by atoms with van der Waals surface area (Å²) in [6, 6.07) is 4.62. The molecule has 0 amide bonds. The molecule has 0 aliphatic carbocycles. The zero-order valence-corrected chi connectivity index (χ0v) is 7.96. The Morgan fingerprint density at radius 1 is 1.50 bits per heavy atom. The zero-order chi connectivity index (χ0) is 8.97. The maximum Gasteiger partial charge on any atom is 0.0417 e. The minimum atomic E-state index is 0.532. The summed E-state index contributed by atoms with van der Waals surface area (Å²) in [4.78, 5) is 4.22. The van der Waals surface area contributed by atoms with E-state index >= 15 is 0 Å². The van der Waals surface area contributed by atoms with Gasteiger partial charge in [-0.15, -0.1) is 0 Å². The van der Waals surface area contributed by atoms with Crippen molar-refractivity contribution in [2.45, 2.75) is 33.4 Å². The number of pyridine rings is 1. The number of aryl methyl sites for hydroxylation is 1. The molecule has 0 aliphatic heterocycles. The molecule has 66 valence electrons. The van der Waals surface area contributed by atoms with Gasteiger partial charge in [-0.2, -0.15) is 0 Å². The van der Waals surface area contributed by atoms with Crippen LogP contribution < -0.4 is 5.32 Å². The molecule has 1 aromatic heterocycles. The van der Waals surface area contributed by atoms with Crippen molar-refractivity contribution < 1.29 is 0 Å². The van der Waals surface area contributed by atoms with Crippen LogP contribution in [-0.2, 0) is 6.54 Å². The van der Waals surface area contributed by atoms with Gasteiger partial charge in [-0.05, 0) is 18.6 Å². The van der Waals surface area contributed by atoms with Crippen molar-refractivity contribution in [1.82, 2.24) is 10.3 Å². The van der Waals surface area contributed by atoms with Crippen LogP contribution in [0.2, 0.25) is 0 Å². The van der Waals surface area contributed by atoms with Gasteiger partial charge in [-0.25, -0.2) is 0 Å². The Morgan fingerprint density at radius 2 is 2.25 bits per heavy atom. The second-order valence-corrected chi connectivity index (χ2v) is 3.28. The van der Waals surface area contributed by atoms with E-state index in [1.54, 1.807) is 0 Å². The third-order valence-electron chi connectivity index (χ3n) is 1.82. The molecule has 2 heteroatoms. The topological polar surface area (TPSA) is 24.9 Å². The van der Waals surface area contributed by atoms with E-state index < -0.39 is 0 Å². The van der Waals surface area contributed by atoms with Crippen molar-refractivity contribution in [3.63, 3.8) is 0 Å². The van der Waals surface area contributed by atoms with Crippen molar-refractivity contribution in [3.8, 4) is 0 Å². The van der Waals surface area contributed by atoms with Crippen LogP contribution in [0.3, 0.4) is 0 Å². The third-order valence-corrected chi connectivity index (χ3v) is 1.82. The van der Waals surface area contributed by atoms with Crippen LogP contribution in [0, 0.1) is 6.92 Å². The van der Waals surface area contributed by atoms with Gasteiger partial charge in [0.05, 0.1) is 0 Å². The molecule has 0 fully saturated rings. The molecule has 0 atom stereocenters. The fraction of sp³-hybridized carbons (Fsp3) is 0.500. The molecule has 0 saturated heterocycles. The Labute approximate surface area is 74.0 Å². The molecule has 0 unspecified atom stereocenters. The van der Waals surface area contributed by atoms with E-state index in [-0.39, 0.29) is 0 Å². The highest BCUT2D eigenvalue weighted by atomic mass is 14.9. The number of nitrogens with one attached hydrogen (secondary N) is 1. The summed E-state index contributed by atoms with van der Waals surface area (Å²) in [5.74, 6) is 0. The van der Waals surface area contributed by atoms with E-state index in [1.807, 2.05) is 19.2 Å². The molecule has 0 spiro atoms. The molecule has 0 aromatic carbocycles. The Kier molecular flexibility index (Phi) is 3.23. The summed E-state index contributed by atoms with van der Waals surface area (Å²) in [5, 5.41) is 3.36. The maximum absolute atomic E-state index is 4.22. The second-order valence-electron chi connectivity index (χ2n) is 3.28. The van der Waals surface area contributed by atoms with Crippen LogP contribution >= 0.6 is 0 Å². The molecule has 0 radical (unpaired) electrons. The quantitative estimate of drug-likeness (QED) is 0.738. The number of hydrogen-bond donors (Lipinski definition) is 1. The van der Waals surface area contributed by atoms with E-state index in [9.17, 15) is 0 Å². The highest BCUT2D eigenvalue weighted by Gasteiger charge is 1.98. The molecule has 0 aliphatic rings. The summed E-state index contributed by atoms with van der Waals surface area (Å²) in [5.41, 5.74) is 2.40. The molecular formula is C10H16N2. The lowest BCUT2D eigenvalue weighted by molar-refractivity contribution is 0.586. The molecule has 0 saturated carbocycles. The SMILES string of the molecule is Cc1ncccc1CNC(C)C. The van der Waals surface area contributed by atoms with Crippen molar-refractivity contribution >= 4 is 0 Å². The van der Waals surface area contributed by atoms with E-state index in [2.05, 4.69) is 30.2 Å². The first-order valence-electron chi connectivity index (χ1n) is 4.34. The van der Waals surface area contributed by atoms with Crippen LogP contribution in [0.5, 0.6) is 0 Å². The molecule has 1 rings (SSSR count). The van der Waals surface area contributed by atoms with Gasteiger partial charge >= 0.3 is 0 Å². The third kappa shape index (κ3) is 2.62. The lowest BCUT2D eigenvalue weighted by atomic mass is 10.2. The number of rotatable bonds is 3. The molecule has 2 nitrogen and oxygen atoms in total. The smallest absolute Gasteiger partial charge is 0.0417 e. The first kappa shape index (κ1) is 9.20. The summed E-state index contributed by atoms with van der Waals surface area (Å²) < 4.78 is 0. The van der Waals surface area contributed by atoms with Crippen molar-refractivity contribution in [2.24, 2.45) is 0 Å². The molecule has 1 N–H and O–H groups in total. The molecule has 1 aromatic rings. The first-order valence-corrected chi connectivity index (χ1v) is 4.34. The van der Waals surface area contributed by atoms with Gasteiger partial charge in [0.2, 0.25) is 0 Å². The van der Waals surface area contributed by atoms with E-state index in [4.69, 9.17) is 0 Å². The van der Waals surface area contributed by atoms with E-state index in [0.717, 1.165) is 12.2 Å². The Bertz CT molecular complexity index is 243. The predicted octanol–water partition coefficient (Wildman–Crippen LogP) is 1.89. The highest BCUT2D eigenvalue weighted by Crippen LogP contribution is 2.02. The van der Waals surface area contributed by atoms with Crippen LogP contribution in [0.4, 0.5) is 0 Å². The molecule has 12 heavy (non-hydrogen) atoms. The number of hydrogen-bond acceptors (Lipinski definition) is 2. The Hall–Kier alpha value is -0.890. The monoisotopic (exact) mass is 164 g/mol. The van der Waals surface area contributed by atoms with Crippen LogP contribution in [0.15, 0.2) is 18.3 Å². The minimum Gasteiger partial charge on any atom is -0.310 e. The Balaban J connectivity index is 2.57. The summed E-state index contributed by atoms with van der Waals surface area (Å²) in [7, 11) is 0. The van der Waals surface area contributed by atoms with Crippen molar-refractivity contribution in [3.05, 3.63) is 29.6 Å². The van der Waals surface area contributed by atoms with Gasteiger partial charge in [0.25, 0.3) is 0 Å². The van der Waals surface area contributed by atoms with Crippen molar-refractivity contribution in [2.75, 3.05) is 0 Å². The lowest BCUT2D eigenvalue weighted by Crippen LogP contribution is -2.22. The van der Waals surface area contributed by atoms with Gasteiger partial charge < -0.3 is 5.32 Å². The van der Waals surface area contributed by atoms with E-state index in [1.165, 1.54) is 5.56 Å². The highest BCUT2D eigenvalue weighted by molar-refractivity contribution is 5.17. The number of nitrogens with zero attached hydrogens (tertiary/aromatic N) is 1. The largest absolute Gasteiger partial charge is 0.310 e. The van der Waals surface area contributed by atoms with Gasteiger partial charge in [0.15, 0.2) is 0 Å². The summed E-state index contributed by atoms with van der Waals surface area (Å²) >= 11 is 0. The lowest BCUT2D eigenvalue weighted by Gasteiger charge is -2.09. The van der Waals surface area contributed by atoms with Crippen LogP contribution in [-0.4, -0.2) is 11.0 Å². The van der Waals surface area contributed by atoms with Gasteiger partial charge in [0.1, 0.15) is 0 Å².